The van der Waals surface area contributed by atoms with Gasteiger partial charge in [0.2, 0.25) is 12.3 Å². The van der Waals surface area contributed by atoms with E-state index in [1.54, 1.807) is 30.9 Å². The van der Waals surface area contributed by atoms with Gasteiger partial charge in [-0.25, -0.2) is 0 Å². The molecule has 0 heterocycles. The molecule has 0 saturated heterocycles. The van der Waals surface area contributed by atoms with Crippen molar-refractivity contribution in [3.05, 3.63) is 47.6 Å². The molecule has 0 N–H and O–H groups in total. The van der Waals surface area contributed by atoms with Crippen LogP contribution in [0.5, 0.6) is 5.75 Å². The van der Waals surface area contributed by atoms with E-state index >= 15 is 0 Å². The van der Waals surface area contributed by atoms with Gasteiger partial charge in [-0.15, -0.1) is 0 Å². The minimum atomic E-state index is -0.162. The van der Waals surface area contributed by atoms with E-state index in [4.69, 9.17) is 4.74 Å². The quantitative estimate of drug-likeness (QED) is 0.605. The Balaban J connectivity index is 1.66. The molecule has 2 amide bonds. The van der Waals surface area contributed by atoms with Crippen molar-refractivity contribution in [2.75, 3.05) is 12.0 Å². The molecule has 136 valence electrons. The molecule has 4 rings (SSSR count). The zero-order chi connectivity index (χ0) is 18.3. The van der Waals surface area contributed by atoms with Gasteiger partial charge in [0.25, 0.3) is 0 Å². The average Bonchev–Trinajstić information content (AvgIpc) is 3.37. The first-order valence-corrected chi connectivity index (χ1v) is 9.48. The van der Waals surface area contributed by atoms with Crippen LogP contribution >= 0.6 is 0 Å². The Hall–Kier alpha value is -2.36. The third kappa shape index (κ3) is 2.59. The number of fused-ring (bicyclic) bond motifs is 2. The van der Waals surface area contributed by atoms with E-state index in [9.17, 15) is 9.59 Å². The van der Waals surface area contributed by atoms with Gasteiger partial charge >= 0.3 is 0 Å². The third-order valence-corrected chi connectivity index (χ3v) is 6.34. The zero-order valence-corrected chi connectivity index (χ0v) is 15.4. The number of anilines is 1. The van der Waals surface area contributed by atoms with Crippen LogP contribution in [0, 0.1) is 23.7 Å². The standard InChI is InChI=1S/C22H25NO3/c1-14-18-10-11-19(21(18)15-6-3-4-7-15)20(14)22(25)23(13-24)16-8-5-9-17(12-16)26-2/h5,8-14,18-20H,3-4,6-7H2,1-2H3/t14-,18+,19-,20+/m0/s1. The van der Waals surface area contributed by atoms with E-state index in [1.807, 2.05) is 6.07 Å². The predicted molar refractivity (Wildman–Crippen MR) is 101 cm³/mol. The first-order chi connectivity index (χ1) is 12.7. The lowest BCUT2D eigenvalue weighted by molar-refractivity contribution is -0.126. The van der Waals surface area contributed by atoms with E-state index in [2.05, 4.69) is 19.1 Å². The van der Waals surface area contributed by atoms with Gasteiger partial charge in [0, 0.05) is 17.9 Å². The SMILES string of the molecule is COc1cccc(N(C=O)C(=O)[C@@H]2[C@@H](C)[C@H]3C=C[C@@H]2C3=C2CCCC2)c1. The summed E-state index contributed by atoms with van der Waals surface area (Å²) in [5.41, 5.74) is 3.61. The molecule has 2 bridgehead atoms. The molecule has 1 aromatic rings. The molecule has 0 spiro atoms. The molecule has 3 aliphatic rings. The summed E-state index contributed by atoms with van der Waals surface area (Å²) in [6.45, 7) is 2.15. The fourth-order valence-corrected chi connectivity index (χ4v) is 5.09. The van der Waals surface area contributed by atoms with Crippen molar-refractivity contribution in [1.82, 2.24) is 0 Å². The summed E-state index contributed by atoms with van der Waals surface area (Å²) in [7, 11) is 1.58. The summed E-state index contributed by atoms with van der Waals surface area (Å²) in [5, 5.41) is 0. The van der Waals surface area contributed by atoms with Crippen molar-refractivity contribution in [1.29, 1.82) is 0 Å². The fraction of sp³-hybridized carbons (Fsp3) is 0.455. The minimum absolute atomic E-state index is 0.103. The molecular weight excluding hydrogens is 326 g/mol. The second-order valence-corrected chi connectivity index (χ2v) is 7.60. The van der Waals surface area contributed by atoms with E-state index in [1.165, 1.54) is 36.2 Å². The summed E-state index contributed by atoms with van der Waals surface area (Å²) in [4.78, 5) is 26.4. The molecule has 0 aliphatic heterocycles. The van der Waals surface area contributed by atoms with E-state index in [0.717, 1.165) is 0 Å². The molecule has 0 aromatic heterocycles. The summed E-state index contributed by atoms with van der Waals surface area (Å²) in [6.07, 6.45) is 9.97. The van der Waals surface area contributed by atoms with Gasteiger partial charge in [-0.05, 0) is 43.7 Å². The lowest BCUT2D eigenvalue weighted by Gasteiger charge is -2.27. The third-order valence-electron chi connectivity index (χ3n) is 6.34. The number of rotatable bonds is 4. The molecular formula is C22H25NO3. The summed E-state index contributed by atoms with van der Waals surface area (Å²) in [6, 6.07) is 7.12. The second-order valence-electron chi connectivity index (χ2n) is 7.60. The number of nitrogens with zero attached hydrogens (tertiary/aromatic N) is 1. The Morgan fingerprint density at radius 2 is 1.92 bits per heavy atom. The number of ether oxygens (including phenoxy) is 1. The first kappa shape index (κ1) is 17.1. The number of methoxy groups -OCH3 is 1. The average molecular weight is 351 g/mol. The Morgan fingerprint density at radius 3 is 2.62 bits per heavy atom. The van der Waals surface area contributed by atoms with Crippen molar-refractivity contribution in [2.24, 2.45) is 23.7 Å². The van der Waals surface area contributed by atoms with Crippen LogP contribution in [0.15, 0.2) is 47.6 Å². The maximum Gasteiger partial charge on any atom is 0.237 e. The van der Waals surface area contributed by atoms with Crippen molar-refractivity contribution < 1.29 is 14.3 Å². The fourth-order valence-electron chi connectivity index (χ4n) is 5.09. The van der Waals surface area contributed by atoms with Crippen LogP contribution < -0.4 is 9.64 Å². The summed E-state index contributed by atoms with van der Waals surface area (Å²) >= 11 is 0. The summed E-state index contributed by atoms with van der Waals surface area (Å²) in [5.74, 6) is 1.12. The molecule has 1 aromatic carbocycles. The number of benzene rings is 1. The lowest BCUT2D eigenvalue weighted by atomic mass is 9.83. The van der Waals surface area contributed by atoms with E-state index in [-0.39, 0.29) is 23.7 Å². The molecule has 4 atom stereocenters. The highest BCUT2D eigenvalue weighted by molar-refractivity contribution is 6.08. The molecule has 0 radical (unpaired) electrons. The van der Waals surface area contributed by atoms with E-state index < -0.39 is 0 Å². The number of hydrogen-bond donors (Lipinski definition) is 0. The Bertz CT molecular complexity index is 786. The van der Waals surface area contributed by atoms with Crippen molar-refractivity contribution in [3.63, 3.8) is 0 Å². The van der Waals surface area contributed by atoms with Crippen LogP contribution in [0.25, 0.3) is 0 Å². The lowest BCUT2D eigenvalue weighted by Crippen LogP contribution is -2.39. The van der Waals surface area contributed by atoms with Crippen LogP contribution in [0.1, 0.15) is 32.6 Å². The topological polar surface area (TPSA) is 46.6 Å². The van der Waals surface area contributed by atoms with Crippen molar-refractivity contribution >= 4 is 18.0 Å². The predicted octanol–water partition coefficient (Wildman–Crippen LogP) is 4.12. The summed E-state index contributed by atoms with van der Waals surface area (Å²) < 4.78 is 5.24. The normalized spacial score (nSPS) is 29.3. The maximum atomic E-state index is 13.3. The highest BCUT2D eigenvalue weighted by atomic mass is 16.5. The van der Waals surface area contributed by atoms with Gasteiger partial charge in [-0.3, -0.25) is 14.5 Å². The Kier molecular flexibility index (Phi) is 4.43. The smallest absolute Gasteiger partial charge is 0.237 e. The number of amides is 2. The molecule has 3 aliphatic carbocycles. The van der Waals surface area contributed by atoms with Crippen LogP contribution in [0.2, 0.25) is 0 Å². The number of hydrogen-bond acceptors (Lipinski definition) is 3. The van der Waals surface area contributed by atoms with Crippen LogP contribution in [0.4, 0.5) is 5.69 Å². The first-order valence-electron chi connectivity index (χ1n) is 9.48. The van der Waals surface area contributed by atoms with Gasteiger partial charge in [0.05, 0.1) is 18.7 Å². The van der Waals surface area contributed by atoms with Crippen molar-refractivity contribution in [2.45, 2.75) is 32.6 Å². The molecule has 4 nitrogen and oxygen atoms in total. The van der Waals surface area contributed by atoms with Crippen LogP contribution in [-0.4, -0.2) is 19.4 Å². The highest BCUT2D eigenvalue weighted by Gasteiger charge is 2.51. The van der Waals surface area contributed by atoms with Crippen LogP contribution in [0.3, 0.4) is 0 Å². The largest absolute Gasteiger partial charge is 0.497 e. The molecule has 2 fully saturated rings. The van der Waals surface area contributed by atoms with Gasteiger partial charge in [-0.2, -0.15) is 0 Å². The van der Waals surface area contributed by atoms with Gasteiger partial charge in [0.15, 0.2) is 0 Å². The Morgan fingerprint density at radius 1 is 1.19 bits per heavy atom. The number of carbonyl (C=O) groups is 2. The molecule has 2 saturated carbocycles. The zero-order valence-electron chi connectivity index (χ0n) is 15.4. The minimum Gasteiger partial charge on any atom is -0.497 e. The second kappa shape index (κ2) is 6.75. The Labute approximate surface area is 154 Å². The van der Waals surface area contributed by atoms with Gasteiger partial charge in [-0.1, -0.05) is 36.3 Å². The molecule has 4 heteroatoms. The highest BCUT2D eigenvalue weighted by Crippen LogP contribution is 2.55. The van der Waals surface area contributed by atoms with Crippen LogP contribution in [-0.2, 0) is 9.59 Å². The van der Waals surface area contributed by atoms with Crippen molar-refractivity contribution in [3.8, 4) is 5.75 Å². The molecule has 26 heavy (non-hydrogen) atoms. The number of allylic oxidation sites excluding steroid dienone is 4. The number of carbonyl (C=O) groups excluding carboxylic acids is 2. The van der Waals surface area contributed by atoms with E-state index in [0.29, 0.717) is 23.8 Å². The maximum absolute atomic E-state index is 13.3. The van der Waals surface area contributed by atoms with Gasteiger partial charge in [0.1, 0.15) is 5.75 Å². The monoisotopic (exact) mass is 351 g/mol. The number of imide groups is 1. The molecule has 0 unspecified atom stereocenters. The van der Waals surface area contributed by atoms with Gasteiger partial charge < -0.3 is 4.74 Å².